The first-order valence-electron chi connectivity index (χ1n) is 7.62. The lowest BCUT2D eigenvalue weighted by Crippen LogP contribution is -2.24. The summed E-state index contributed by atoms with van der Waals surface area (Å²) in [6, 6.07) is 8.27. The van der Waals surface area contributed by atoms with Crippen LogP contribution < -0.4 is 5.73 Å². The number of aromatic nitrogens is 1. The zero-order valence-electron chi connectivity index (χ0n) is 11.9. The lowest BCUT2D eigenvalue weighted by atomic mass is 9.70. The summed E-state index contributed by atoms with van der Waals surface area (Å²) in [7, 11) is 0. The Balaban J connectivity index is 1.92. The van der Waals surface area contributed by atoms with Crippen molar-refractivity contribution in [3.05, 3.63) is 47.2 Å². The zero-order valence-corrected chi connectivity index (χ0v) is 11.9. The highest BCUT2D eigenvalue weighted by Crippen LogP contribution is 2.46. The fourth-order valence-electron chi connectivity index (χ4n) is 4.02. The molecule has 20 heavy (non-hydrogen) atoms. The first kappa shape index (κ1) is 12.0. The molecule has 1 aromatic carbocycles. The number of allylic oxidation sites excluding steroid dienone is 2. The molecule has 2 aliphatic rings. The van der Waals surface area contributed by atoms with Gasteiger partial charge in [0.15, 0.2) is 0 Å². The van der Waals surface area contributed by atoms with Crippen LogP contribution in [0, 0.1) is 5.92 Å². The molecule has 0 aliphatic heterocycles. The minimum atomic E-state index is 0.584. The third kappa shape index (κ3) is 1.67. The monoisotopic (exact) mass is 264 g/mol. The Hall–Kier alpha value is -1.83. The van der Waals surface area contributed by atoms with Gasteiger partial charge in [-0.2, -0.15) is 0 Å². The molecule has 102 valence electrons. The molecule has 1 heterocycles. The quantitative estimate of drug-likeness (QED) is 0.784. The van der Waals surface area contributed by atoms with Crippen LogP contribution in [0.1, 0.15) is 43.4 Å². The largest absolute Gasteiger partial charge is 0.398 e. The smallest absolute Gasteiger partial charge is 0.0726 e. The standard InChI is InChI=1S/C18H20N2/c1-2-11-7-12-9-13(8-11)17-16(10-12)20-15-6-4-3-5-14(15)18(17)19/h3-7,12-13H,2,8-10H2,1H3,(H2,19,20)/t12-,13+/m1/s1. The van der Waals surface area contributed by atoms with Crippen molar-refractivity contribution >= 4 is 16.6 Å². The summed E-state index contributed by atoms with van der Waals surface area (Å²) in [6.45, 7) is 2.26. The number of pyridine rings is 1. The molecule has 2 bridgehead atoms. The van der Waals surface area contributed by atoms with Gasteiger partial charge in [-0.1, -0.05) is 36.8 Å². The molecule has 2 aromatic rings. The summed E-state index contributed by atoms with van der Waals surface area (Å²) in [5, 5.41) is 1.12. The van der Waals surface area contributed by atoms with E-state index in [0.29, 0.717) is 11.8 Å². The number of para-hydroxylation sites is 1. The minimum Gasteiger partial charge on any atom is -0.398 e. The average molecular weight is 264 g/mol. The Bertz CT molecular complexity index is 715. The van der Waals surface area contributed by atoms with Crippen molar-refractivity contribution in [1.82, 2.24) is 4.98 Å². The first-order valence-corrected chi connectivity index (χ1v) is 7.62. The van der Waals surface area contributed by atoms with E-state index in [2.05, 4.69) is 31.2 Å². The number of fused-ring (bicyclic) bond motifs is 5. The van der Waals surface area contributed by atoms with Crippen LogP contribution >= 0.6 is 0 Å². The number of hydrogen-bond acceptors (Lipinski definition) is 2. The molecule has 0 spiro atoms. The van der Waals surface area contributed by atoms with Crippen molar-refractivity contribution in [3.63, 3.8) is 0 Å². The van der Waals surface area contributed by atoms with Gasteiger partial charge < -0.3 is 5.73 Å². The molecule has 2 atom stereocenters. The summed E-state index contributed by atoms with van der Waals surface area (Å²) in [5.41, 5.74) is 12.7. The van der Waals surface area contributed by atoms with Crippen LogP contribution in [0.3, 0.4) is 0 Å². The van der Waals surface area contributed by atoms with Gasteiger partial charge >= 0.3 is 0 Å². The molecule has 2 nitrogen and oxygen atoms in total. The maximum atomic E-state index is 6.50. The van der Waals surface area contributed by atoms with Crippen LogP contribution in [0.5, 0.6) is 0 Å². The molecule has 2 aliphatic carbocycles. The van der Waals surface area contributed by atoms with Crippen molar-refractivity contribution in [2.24, 2.45) is 5.92 Å². The van der Waals surface area contributed by atoms with E-state index in [1.807, 2.05) is 6.07 Å². The number of rotatable bonds is 1. The highest BCUT2D eigenvalue weighted by molar-refractivity contribution is 5.92. The Labute approximate surface area is 119 Å². The van der Waals surface area contributed by atoms with Crippen LogP contribution in [0.25, 0.3) is 10.9 Å². The molecule has 2 heteroatoms. The molecule has 0 amide bonds. The van der Waals surface area contributed by atoms with Crippen molar-refractivity contribution in [3.8, 4) is 0 Å². The topological polar surface area (TPSA) is 38.9 Å². The van der Waals surface area contributed by atoms with Crippen LogP contribution in [0.15, 0.2) is 35.9 Å². The van der Waals surface area contributed by atoms with Gasteiger partial charge in [0.25, 0.3) is 0 Å². The lowest BCUT2D eigenvalue weighted by molar-refractivity contribution is 0.429. The first-order chi connectivity index (χ1) is 9.76. The van der Waals surface area contributed by atoms with Gasteiger partial charge in [0, 0.05) is 22.3 Å². The molecule has 4 rings (SSSR count). The van der Waals surface area contributed by atoms with Crippen LogP contribution in [-0.4, -0.2) is 4.98 Å². The summed E-state index contributed by atoms with van der Waals surface area (Å²) in [4.78, 5) is 4.90. The maximum absolute atomic E-state index is 6.50. The van der Waals surface area contributed by atoms with Gasteiger partial charge in [-0.25, -0.2) is 0 Å². The highest BCUT2D eigenvalue weighted by atomic mass is 14.7. The summed E-state index contributed by atoms with van der Waals surface area (Å²) in [6.07, 6.45) is 7.14. The van der Waals surface area contributed by atoms with Gasteiger partial charge in [0.2, 0.25) is 0 Å². The average Bonchev–Trinajstić information content (AvgIpc) is 2.46. The highest BCUT2D eigenvalue weighted by Gasteiger charge is 2.33. The molecule has 0 radical (unpaired) electrons. The third-order valence-corrected chi connectivity index (χ3v) is 4.94. The van der Waals surface area contributed by atoms with Gasteiger partial charge in [-0.15, -0.1) is 0 Å². The van der Waals surface area contributed by atoms with Crippen molar-refractivity contribution in [2.75, 3.05) is 5.73 Å². The van der Waals surface area contributed by atoms with E-state index in [1.54, 1.807) is 5.57 Å². The second-order valence-electron chi connectivity index (χ2n) is 6.18. The Morgan fingerprint density at radius 2 is 2.10 bits per heavy atom. The fourth-order valence-corrected chi connectivity index (χ4v) is 4.02. The van der Waals surface area contributed by atoms with Gasteiger partial charge in [0.1, 0.15) is 0 Å². The third-order valence-electron chi connectivity index (χ3n) is 4.94. The Morgan fingerprint density at radius 1 is 1.25 bits per heavy atom. The number of hydrogen-bond donors (Lipinski definition) is 1. The van der Waals surface area contributed by atoms with Crippen LogP contribution in [0.2, 0.25) is 0 Å². The summed E-state index contributed by atoms with van der Waals surface area (Å²) < 4.78 is 0. The molecular weight excluding hydrogens is 244 g/mol. The van der Waals surface area contributed by atoms with E-state index in [0.717, 1.165) is 23.0 Å². The van der Waals surface area contributed by atoms with Crippen molar-refractivity contribution in [1.29, 1.82) is 0 Å². The lowest BCUT2D eigenvalue weighted by Gasteiger charge is -2.35. The van der Waals surface area contributed by atoms with E-state index in [9.17, 15) is 0 Å². The molecular formula is C18H20N2. The number of benzene rings is 1. The van der Waals surface area contributed by atoms with E-state index >= 15 is 0 Å². The van der Waals surface area contributed by atoms with Crippen LogP contribution in [-0.2, 0) is 6.42 Å². The van der Waals surface area contributed by atoms with Gasteiger partial charge in [-0.05, 0) is 43.6 Å². The molecule has 0 saturated carbocycles. The number of nitrogens with zero attached hydrogens (tertiary/aromatic N) is 1. The Morgan fingerprint density at radius 3 is 2.95 bits per heavy atom. The molecule has 2 N–H and O–H groups in total. The molecule has 1 aromatic heterocycles. The maximum Gasteiger partial charge on any atom is 0.0726 e. The van der Waals surface area contributed by atoms with Crippen LogP contribution in [0.4, 0.5) is 5.69 Å². The van der Waals surface area contributed by atoms with Crippen molar-refractivity contribution in [2.45, 2.75) is 38.5 Å². The SMILES string of the molecule is CCC1=C[C@H]2Cc3nc4ccccc4c(N)c3[C@@H](C1)C2. The van der Waals surface area contributed by atoms with E-state index < -0.39 is 0 Å². The second-order valence-corrected chi connectivity index (χ2v) is 6.18. The minimum absolute atomic E-state index is 0.584. The second kappa shape index (κ2) is 4.34. The summed E-state index contributed by atoms with van der Waals surface area (Å²) in [5.74, 6) is 1.25. The number of anilines is 1. The van der Waals surface area contributed by atoms with Gasteiger partial charge in [0.05, 0.1) is 5.52 Å². The number of nitrogens with two attached hydrogens (primary N) is 1. The molecule has 0 unspecified atom stereocenters. The normalized spacial score (nSPS) is 24.4. The van der Waals surface area contributed by atoms with Crippen molar-refractivity contribution < 1.29 is 0 Å². The van der Waals surface area contributed by atoms with E-state index in [4.69, 9.17) is 10.7 Å². The molecule has 0 saturated heterocycles. The van der Waals surface area contributed by atoms with Gasteiger partial charge in [-0.3, -0.25) is 4.98 Å². The zero-order chi connectivity index (χ0) is 13.7. The molecule has 0 fully saturated rings. The predicted molar refractivity (Wildman–Crippen MR) is 83.7 cm³/mol. The fraction of sp³-hybridized carbons (Fsp3) is 0.389. The Kier molecular flexibility index (Phi) is 2.59. The van der Waals surface area contributed by atoms with E-state index in [1.165, 1.54) is 30.5 Å². The predicted octanol–water partition coefficient (Wildman–Crippen LogP) is 4.20. The summed E-state index contributed by atoms with van der Waals surface area (Å²) >= 11 is 0. The number of nitrogen functional groups attached to an aromatic ring is 1. The van der Waals surface area contributed by atoms with E-state index in [-0.39, 0.29) is 0 Å².